The highest BCUT2D eigenvalue weighted by Gasteiger charge is 2.11. The number of nitrogens with zero attached hydrogens (tertiary/aromatic N) is 1. The third-order valence-corrected chi connectivity index (χ3v) is 3.62. The Morgan fingerprint density at radius 2 is 2.06 bits per heavy atom. The molecule has 1 N–H and O–H groups in total. The molecule has 1 aromatic carbocycles. The minimum Gasteiger partial charge on any atom is -0.384 e. The minimum absolute atomic E-state index is 0.929. The van der Waals surface area contributed by atoms with Gasteiger partial charge in [-0.1, -0.05) is 19.1 Å². The van der Waals surface area contributed by atoms with Crippen molar-refractivity contribution in [3.8, 4) is 0 Å². The van der Waals surface area contributed by atoms with E-state index in [1.54, 1.807) is 0 Å². The highest BCUT2D eigenvalue weighted by Crippen LogP contribution is 2.32. The summed E-state index contributed by atoms with van der Waals surface area (Å²) in [5, 5.41) is 4.68. The fourth-order valence-corrected chi connectivity index (χ4v) is 2.68. The van der Waals surface area contributed by atoms with Crippen molar-refractivity contribution in [2.45, 2.75) is 27.2 Å². The van der Waals surface area contributed by atoms with Crippen molar-refractivity contribution in [2.24, 2.45) is 0 Å². The molecular formula is C14H17BrN2. The maximum absolute atomic E-state index is 4.70. The average Bonchev–Trinajstić information content (AvgIpc) is 2.31. The normalized spacial score (nSPS) is 10.8. The van der Waals surface area contributed by atoms with Crippen molar-refractivity contribution in [3.05, 3.63) is 33.9 Å². The lowest BCUT2D eigenvalue weighted by Crippen LogP contribution is -2.05. The van der Waals surface area contributed by atoms with Gasteiger partial charge in [-0.05, 0) is 47.8 Å². The Morgan fingerprint density at radius 1 is 1.29 bits per heavy atom. The summed E-state index contributed by atoms with van der Waals surface area (Å²) in [6.07, 6.45) is 1.00. The lowest BCUT2D eigenvalue weighted by molar-refractivity contribution is 1.06. The van der Waals surface area contributed by atoms with E-state index in [1.807, 2.05) is 6.07 Å². The summed E-state index contributed by atoms with van der Waals surface area (Å²) in [7, 11) is 0. The van der Waals surface area contributed by atoms with Gasteiger partial charge in [0.1, 0.15) is 0 Å². The molecule has 0 atom stereocenters. The van der Waals surface area contributed by atoms with Crippen LogP contribution in [0.25, 0.3) is 10.9 Å². The molecule has 0 aliphatic rings. The molecule has 2 rings (SSSR count). The molecule has 0 fully saturated rings. The van der Waals surface area contributed by atoms with Gasteiger partial charge in [0.25, 0.3) is 0 Å². The van der Waals surface area contributed by atoms with Gasteiger partial charge in [-0.2, -0.15) is 0 Å². The monoisotopic (exact) mass is 292 g/mol. The molecule has 0 amide bonds. The van der Waals surface area contributed by atoms with Gasteiger partial charge >= 0.3 is 0 Å². The lowest BCUT2D eigenvalue weighted by Gasteiger charge is -2.15. The van der Waals surface area contributed by atoms with E-state index in [0.29, 0.717) is 0 Å². The molecule has 2 nitrogen and oxygen atoms in total. The second-order valence-electron chi connectivity index (χ2n) is 4.07. The number of rotatable bonds is 3. The Bertz CT molecular complexity index is 549. The maximum atomic E-state index is 4.70. The zero-order chi connectivity index (χ0) is 12.4. The first-order valence-corrected chi connectivity index (χ1v) is 6.79. The molecule has 1 heterocycles. The fraction of sp³-hybridized carbons (Fsp3) is 0.357. The number of para-hydroxylation sites is 1. The first-order chi connectivity index (χ1) is 8.19. The van der Waals surface area contributed by atoms with Crippen LogP contribution in [0.3, 0.4) is 0 Å². The summed E-state index contributed by atoms with van der Waals surface area (Å²) in [4.78, 5) is 4.70. The van der Waals surface area contributed by atoms with Gasteiger partial charge in [0.15, 0.2) is 0 Å². The van der Waals surface area contributed by atoms with Crippen LogP contribution < -0.4 is 5.32 Å². The van der Waals surface area contributed by atoms with Gasteiger partial charge in [-0.15, -0.1) is 0 Å². The summed E-state index contributed by atoms with van der Waals surface area (Å²) >= 11 is 3.57. The van der Waals surface area contributed by atoms with Crippen LogP contribution in [0.5, 0.6) is 0 Å². The van der Waals surface area contributed by atoms with E-state index in [4.69, 9.17) is 4.98 Å². The van der Waals surface area contributed by atoms with Crippen LogP contribution in [0, 0.1) is 6.92 Å². The van der Waals surface area contributed by atoms with E-state index in [9.17, 15) is 0 Å². The van der Waals surface area contributed by atoms with E-state index in [-0.39, 0.29) is 0 Å². The topological polar surface area (TPSA) is 24.9 Å². The molecule has 1 aromatic heterocycles. The van der Waals surface area contributed by atoms with Crippen molar-refractivity contribution in [3.63, 3.8) is 0 Å². The van der Waals surface area contributed by atoms with Crippen LogP contribution in [0.1, 0.15) is 25.1 Å². The smallest absolute Gasteiger partial charge is 0.0868 e. The molecule has 0 unspecified atom stereocenters. The highest BCUT2D eigenvalue weighted by atomic mass is 79.9. The van der Waals surface area contributed by atoms with Gasteiger partial charge in [0.05, 0.1) is 5.52 Å². The van der Waals surface area contributed by atoms with E-state index < -0.39 is 0 Å². The number of benzene rings is 1. The van der Waals surface area contributed by atoms with Crippen LogP contribution in [-0.2, 0) is 6.42 Å². The lowest BCUT2D eigenvalue weighted by atomic mass is 10.0. The number of anilines is 1. The quantitative estimate of drug-likeness (QED) is 0.912. The number of hydrogen-bond donors (Lipinski definition) is 1. The number of nitrogens with one attached hydrogen (secondary N) is 1. The molecule has 0 aliphatic carbocycles. The first kappa shape index (κ1) is 12.4. The van der Waals surface area contributed by atoms with Crippen LogP contribution in [0.2, 0.25) is 0 Å². The van der Waals surface area contributed by atoms with E-state index >= 15 is 0 Å². The Kier molecular flexibility index (Phi) is 3.67. The van der Waals surface area contributed by atoms with Crippen LogP contribution in [0.15, 0.2) is 22.7 Å². The first-order valence-electron chi connectivity index (χ1n) is 6.00. The zero-order valence-corrected chi connectivity index (χ0v) is 12.1. The number of fused-ring (bicyclic) bond motifs is 1. The standard InChI is InChI=1S/C14H17BrN2/c1-4-10-9(3)17-14-11(13(10)16-5-2)7-6-8-12(14)15/h6-8H,4-5H2,1-3H3,(H,16,17). The van der Waals surface area contributed by atoms with E-state index in [1.165, 1.54) is 16.6 Å². The molecular weight excluding hydrogens is 276 g/mol. The van der Waals surface area contributed by atoms with Gasteiger partial charge < -0.3 is 5.32 Å². The Labute approximate surface area is 111 Å². The van der Waals surface area contributed by atoms with Crippen molar-refractivity contribution in [1.82, 2.24) is 4.98 Å². The van der Waals surface area contributed by atoms with Gasteiger partial charge in [0, 0.05) is 27.8 Å². The summed E-state index contributed by atoms with van der Waals surface area (Å²) in [5.41, 5.74) is 4.71. The predicted octanol–water partition coefficient (Wildman–Crippen LogP) is 4.30. The predicted molar refractivity (Wildman–Crippen MR) is 77.7 cm³/mol. The molecule has 0 saturated heterocycles. The van der Waals surface area contributed by atoms with Crippen LogP contribution in [-0.4, -0.2) is 11.5 Å². The van der Waals surface area contributed by atoms with E-state index in [2.05, 4.69) is 54.2 Å². The third kappa shape index (κ3) is 2.16. The number of halogens is 1. The van der Waals surface area contributed by atoms with Gasteiger partial charge in [0.2, 0.25) is 0 Å². The second kappa shape index (κ2) is 5.05. The van der Waals surface area contributed by atoms with Crippen molar-refractivity contribution in [1.29, 1.82) is 0 Å². The van der Waals surface area contributed by atoms with Gasteiger partial charge in [-0.3, -0.25) is 4.98 Å². The van der Waals surface area contributed by atoms with Gasteiger partial charge in [-0.25, -0.2) is 0 Å². The van der Waals surface area contributed by atoms with Crippen LogP contribution >= 0.6 is 15.9 Å². The number of pyridine rings is 1. The minimum atomic E-state index is 0.929. The molecule has 0 bridgehead atoms. The zero-order valence-electron chi connectivity index (χ0n) is 10.5. The average molecular weight is 293 g/mol. The number of aryl methyl sites for hydroxylation is 1. The summed E-state index contributed by atoms with van der Waals surface area (Å²) < 4.78 is 1.06. The van der Waals surface area contributed by atoms with Crippen molar-refractivity contribution >= 4 is 32.5 Å². The fourth-order valence-electron chi connectivity index (χ4n) is 2.22. The Hall–Kier alpha value is -1.09. The summed E-state index contributed by atoms with van der Waals surface area (Å²) in [6, 6.07) is 6.23. The molecule has 17 heavy (non-hydrogen) atoms. The third-order valence-electron chi connectivity index (χ3n) is 2.98. The van der Waals surface area contributed by atoms with Crippen molar-refractivity contribution in [2.75, 3.05) is 11.9 Å². The Balaban J connectivity index is 2.82. The van der Waals surface area contributed by atoms with Crippen molar-refractivity contribution < 1.29 is 0 Å². The largest absolute Gasteiger partial charge is 0.384 e. The molecule has 2 aromatic rings. The molecule has 0 radical (unpaired) electrons. The highest BCUT2D eigenvalue weighted by molar-refractivity contribution is 9.10. The van der Waals surface area contributed by atoms with Crippen LogP contribution in [0.4, 0.5) is 5.69 Å². The molecule has 90 valence electrons. The molecule has 0 saturated carbocycles. The Morgan fingerprint density at radius 3 is 2.71 bits per heavy atom. The maximum Gasteiger partial charge on any atom is 0.0868 e. The molecule has 3 heteroatoms. The summed E-state index contributed by atoms with van der Waals surface area (Å²) in [6.45, 7) is 7.31. The summed E-state index contributed by atoms with van der Waals surface area (Å²) in [5.74, 6) is 0. The molecule has 0 aliphatic heterocycles. The van der Waals surface area contributed by atoms with E-state index in [0.717, 1.165) is 28.6 Å². The number of aromatic nitrogens is 1. The SMILES string of the molecule is CCNc1c(CC)c(C)nc2c(Br)cccc12. The second-order valence-corrected chi connectivity index (χ2v) is 4.92. The number of hydrogen-bond acceptors (Lipinski definition) is 2. The molecule has 0 spiro atoms.